The minimum absolute atomic E-state index is 0.0688. The summed E-state index contributed by atoms with van der Waals surface area (Å²) >= 11 is 0. The van der Waals surface area contributed by atoms with Crippen molar-refractivity contribution in [3.05, 3.63) is 0 Å². The molecule has 0 aromatic carbocycles. The molecule has 1 heterocycles. The molecule has 21 heavy (non-hydrogen) atoms. The van der Waals surface area contributed by atoms with E-state index in [4.69, 9.17) is 0 Å². The second kappa shape index (κ2) is 7.14. The molecule has 1 aliphatic rings. The molecule has 1 fully saturated rings. The second-order valence-electron chi connectivity index (χ2n) is 7.38. The SMILES string of the molecule is CCC1CCC(C)N1C(=O)NCC(CC(C)(C)C)C(=O)O. The van der Waals surface area contributed by atoms with Gasteiger partial charge >= 0.3 is 12.0 Å². The zero-order valence-corrected chi connectivity index (χ0v) is 14.0. The van der Waals surface area contributed by atoms with Crippen molar-refractivity contribution in [2.75, 3.05) is 6.54 Å². The van der Waals surface area contributed by atoms with E-state index in [0.29, 0.717) is 6.42 Å². The lowest BCUT2D eigenvalue weighted by molar-refractivity contribution is -0.142. The first-order valence-corrected chi connectivity index (χ1v) is 7.94. The molecule has 0 spiro atoms. The van der Waals surface area contributed by atoms with Crippen molar-refractivity contribution in [2.24, 2.45) is 11.3 Å². The molecule has 0 aliphatic carbocycles. The van der Waals surface area contributed by atoms with Gasteiger partial charge in [-0.05, 0) is 38.0 Å². The van der Waals surface area contributed by atoms with Gasteiger partial charge in [0, 0.05) is 18.6 Å². The summed E-state index contributed by atoms with van der Waals surface area (Å²) in [7, 11) is 0. The Morgan fingerprint density at radius 1 is 1.33 bits per heavy atom. The Balaban J connectivity index is 2.59. The number of hydrogen-bond acceptors (Lipinski definition) is 2. The number of urea groups is 1. The highest BCUT2D eigenvalue weighted by molar-refractivity contribution is 5.77. The van der Waals surface area contributed by atoms with Crippen molar-refractivity contribution in [3.8, 4) is 0 Å². The van der Waals surface area contributed by atoms with E-state index in [1.807, 2.05) is 25.7 Å². The van der Waals surface area contributed by atoms with Gasteiger partial charge in [-0.15, -0.1) is 0 Å². The summed E-state index contributed by atoms with van der Waals surface area (Å²) in [6.45, 7) is 10.4. The Hall–Kier alpha value is -1.26. The normalized spacial score (nSPS) is 24.0. The number of carboxylic acids is 1. The third kappa shape index (κ3) is 5.21. The van der Waals surface area contributed by atoms with Gasteiger partial charge in [0.15, 0.2) is 0 Å². The monoisotopic (exact) mass is 298 g/mol. The van der Waals surface area contributed by atoms with Crippen LogP contribution in [0.4, 0.5) is 4.79 Å². The van der Waals surface area contributed by atoms with Crippen molar-refractivity contribution in [1.29, 1.82) is 0 Å². The Kier molecular flexibility index (Phi) is 6.05. The summed E-state index contributed by atoms with van der Waals surface area (Å²) < 4.78 is 0. The Labute approximate surface area is 128 Å². The third-order valence-corrected chi connectivity index (χ3v) is 4.20. The number of carboxylic acid groups (broad SMARTS) is 1. The van der Waals surface area contributed by atoms with Gasteiger partial charge in [-0.3, -0.25) is 4.79 Å². The number of rotatable bonds is 5. The second-order valence-corrected chi connectivity index (χ2v) is 7.38. The van der Waals surface area contributed by atoms with E-state index in [2.05, 4.69) is 19.2 Å². The van der Waals surface area contributed by atoms with Crippen LogP contribution in [0.2, 0.25) is 0 Å². The standard InChI is InChI=1S/C16H30N2O3/c1-6-13-8-7-11(2)18(13)15(21)17-10-12(14(19)20)9-16(3,4)5/h11-13H,6-10H2,1-5H3,(H,17,21)(H,19,20). The van der Waals surface area contributed by atoms with Crippen LogP contribution in [-0.2, 0) is 4.79 Å². The van der Waals surface area contributed by atoms with Gasteiger partial charge in [0.1, 0.15) is 0 Å². The molecule has 0 aromatic heterocycles. The summed E-state index contributed by atoms with van der Waals surface area (Å²) in [5, 5.41) is 12.1. The summed E-state index contributed by atoms with van der Waals surface area (Å²) in [4.78, 5) is 25.6. The van der Waals surface area contributed by atoms with Gasteiger partial charge in [0.2, 0.25) is 0 Å². The smallest absolute Gasteiger partial charge is 0.317 e. The molecule has 3 atom stereocenters. The molecular formula is C16H30N2O3. The summed E-state index contributed by atoms with van der Waals surface area (Å²) in [6.07, 6.45) is 3.56. The maximum Gasteiger partial charge on any atom is 0.317 e. The maximum atomic E-state index is 12.3. The summed E-state index contributed by atoms with van der Waals surface area (Å²) in [5.41, 5.74) is -0.0688. The maximum absolute atomic E-state index is 12.3. The third-order valence-electron chi connectivity index (χ3n) is 4.20. The van der Waals surface area contributed by atoms with Crippen molar-refractivity contribution in [3.63, 3.8) is 0 Å². The quantitative estimate of drug-likeness (QED) is 0.819. The summed E-state index contributed by atoms with van der Waals surface area (Å²) in [6, 6.07) is 0.402. The molecule has 1 aliphatic heterocycles. The lowest BCUT2D eigenvalue weighted by atomic mass is 9.84. The molecule has 1 rings (SSSR count). The van der Waals surface area contributed by atoms with Crippen LogP contribution in [-0.4, -0.2) is 40.6 Å². The Bertz CT molecular complexity index is 376. The average Bonchev–Trinajstić information content (AvgIpc) is 2.73. The number of likely N-dealkylation sites (tertiary alicyclic amines) is 1. The molecular weight excluding hydrogens is 268 g/mol. The van der Waals surface area contributed by atoms with Gasteiger partial charge in [0.25, 0.3) is 0 Å². The zero-order chi connectivity index (χ0) is 16.2. The number of carbonyl (C=O) groups excluding carboxylic acids is 1. The predicted molar refractivity (Wildman–Crippen MR) is 83.2 cm³/mol. The first-order valence-electron chi connectivity index (χ1n) is 7.94. The fraction of sp³-hybridized carbons (Fsp3) is 0.875. The van der Waals surface area contributed by atoms with Crippen molar-refractivity contribution in [1.82, 2.24) is 10.2 Å². The first-order chi connectivity index (χ1) is 9.65. The van der Waals surface area contributed by atoms with E-state index in [0.717, 1.165) is 19.3 Å². The lowest BCUT2D eigenvalue weighted by Crippen LogP contribution is -2.48. The highest BCUT2D eigenvalue weighted by Gasteiger charge is 2.34. The van der Waals surface area contributed by atoms with Crippen LogP contribution in [0.1, 0.15) is 60.3 Å². The number of nitrogens with one attached hydrogen (secondary N) is 1. The van der Waals surface area contributed by atoms with Crippen LogP contribution in [0.15, 0.2) is 0 Å². The van der Waals surface area contributed by atoms with Crippen LogP contribution >= 0.6 is 0 Å². The molecule has 2 N–H and O–H groups in total. The molecule has 1 saturated heterocycles. The van der Waals surface area contributed by atoms with Gasteiger partial charge in [-0.1, -0.05) is 27.7 Å². The zero-order valence-electron chi connectivity index (χ0n) is 14.0. The van der Waals surface area contributed by atoms with Crippen LogP contribution in [0.25, 0.3) is 0 Å². The molecule has 0 saturated carbocycles. The van der Waals surface area contributed by atoms with E-state index >= 15 is 0 Å². The molecule has 0 aromatic rings. The number of aliphatic carboxylic acids is 1. The van der Waals surface area contributed by atoms with Gasteiger partial charge < -0.3 is 15.3 Å². The number of amides is 2. The average molecular weight is 298 g/mol. The topological polar surface area (TPSA) is 69.6 Å². The van der Waals surface area contributed by atoms with E-state index in [9.17, 15) is 14.7 Å². The molecule has 5 heteroatoms. The van der Waals surface area contributed by atoms with Gasteiger partial charge in [-0.25, -0.2) is 4.79 Å². The number of hydrogen-bond donors (Lipinski definition) is 2. The largest absolute Gasteiger partial charge is 0.481 e. The first kappa shape index (κ1) is 17.8. The molecule has 5 nitrogen and oxygen atoms in total. The Morgan fingerprint density at radius 2 is 1.95 bits per heavy atom. The van der Waals surface area contributed by atoms with Crippen LogP contribution in [0.5, 0.6) is 0 Å². The fourth-order valence-electron chi connectivity index (χ4n) is 3.13. The Morgan fingerprint density at radius 3 is 2.43 bits per heavy atom. The minimum Gasteiger partial charge on any atom is -0.481 e. The highest BCUT2D eigenvalue weighted by Crippen LogP contribution is 2.27. The van der Waals surface area contributed by atoms with E-state index in [-0.39, 0.29) is 30.1 Å². The number of nitrogens with zero attached hydrogens (tertiary/aromatic N) is 1. The molecule has 3 unspecified atom stereocenters. The van der Waals surface area contributed by atoms with E-state index in [1.165, 1.54) is 0 Å². The van der Waals surface area contributed by atoms with Crippen molar-refractivity contribution in [2.45, 2.75) is 72.4 Å². The molecule has 122 valence electrons. The molecule has 0 bridgehead atoms. The highest BCUT2D eigenvalue weighted by atomic mass is 16.4. The van der Waals surface area contributed by atoms with Gasteiger partial charge in [-0.2, -0.15) is 0 Å². The number of carbonyl (C=O) groups is 2. The fourth-order valence-corrected chi connectivity index (χ4v) is 3.13. The molecule has 0 radical (unpaired) electrons. The molecule has 2 amide bonds. The van der Waals surface area contributed by atoms with Crippen LogP contribution in [0, 0.1) is 11.3 Å². The van der Waals surface area contributed by atoms with Crippen molar-refractivity contribution >= 4 is 12.0 Å². The van der Waals surface area contributed by atoms with E-state index < -0.39 is 11.9 Å². The van der Waals surface area contributed by atoms with Gasteiger partial charge in [0.05, 0.1) is 5.92 Å². The predicted octanol–water partition coefficient (Wildman–Crippen LogP) is 3.10. The summed E-state index contributed by atoms with van der Waals surface area (Å²) in [5.74, 6) is -1.38. The lowest BCUT2D eigenvalue weighted by Gasteiger charge is -2.29. The minimum atomic E-state index is -0.841. The van der Waals surface area contributed by atoms with Crippen LogP contribution in [0.3, 0.4) is 0 Å². The van der Waals surface area contributed by atoms with E-state index in [1.54, 1.807) is 0 Å². The van der Waals surface area contributed by atoms with Crippen LogP contribution < -0.4 is 5.32 Å². The van der Waals surface area contributed by atoms with Crippen molar-refractivity contribution < 1.29 is 14.7 Å².